The van der Waals surface area contributed by atoms with Gasteiger partial charge in [0.15, 0.2) is 5.11 Å². The molecule has 0 aliphatic heterocycles. The zero-order chi connectivity index (χ0) is 26.5. The van der Waals surface area contributed by atoms with Gasteiger partial charge in [0.05, 0.1) is 17.2 Å². The largest absolute Gasteiger partial charge is 0.490 e. The van der Waals surface area contributed by atoms with Crippen LogP contribution in [0, 0.1) is 0 Å². The molecule has 0 radical (unpaired) electrons. The summed E-state index contributed by atoms with van der Waals surface area (Å²) >= 11 is 8.57. The minimum atomic E-state index is -4.53. The number of rotatable bonds is 6. The number of hydrogen-bond acceptors (Lipinski definition) is 4. The van der Waals surface area contributed by atoms with Gasteiger partial charge in [0.25, 0.3) is 11.8 Å². The average molecular weight is 580 g/mol. The SMILES string of the molecule is CC(C)Oc1ccc(Br)cc1C(=O)NC(=S)Nc1cccc(C(=O)Nc2cccc(C(F)(F)F)c2)c1. The summed E-state index contributed by atoms with van der Waals surface area (Å²) in [5, 5.41) is 7.81. The second-order valence-corrected chi connectivity index (χ2v) is 9.15. The summed E-state index contributed by atoms with van der Waals surface area (Å²) in [6.07, 6.45) is -4.67. The van der Waals surface area contributed by atoms with Gasteiger partial charge in [-0.25, -0.2) is 0 Å². The van der Waals surface area contributed by atoms with Crippen molar-refractivity contribution >= 4 is 56.4 Å². The summed E-state index contributed by atoms with van der Waals surface area (Å²) in [7, 11) is 0. The van der Waals surface area contributed by atoms with E-state index in [-0.39, 0.29) is 28.0 Å². The Morgan fingerprint density at radius 3 is 2.25 bits per heavy atom. The number of halogens is 4. The molecular weight excluding hydrogens is 559 g/mol. The lowest BCUT2D eigenvalue weighted by Gasteiger charge is -2.15. The van der Waals surface area contributed by atoms with Gasteiger partial charge < -0.3 is 15.4 Å². The highest BCUT2D eigenvalue weighted by atomic mass is 79.9. The zero-order valence-electron chi connectivity index (χ0n) is 19.1. The van der Waals surface area contributed by atoms with Crippen LogP contribution in [-0.4, -0.2) is 23.0 Å². The van der Waals surface area contributed by atoms with Crippen molar-refractivity contribution in [2.75, 3.05) is 10.6 Å². The molecule has 2 amide bonds. The summed E-state index contributed by atoms with van der Waals surface area (Å²) in [4.78, 5) is 25.4. The van der Waals surface area contributed by atoms with E-state index in [4.69, 9.17) is 17.0 Å². The van der Waals surface area contributed by atoms with Crippen LogP contribution in [0.5, 0.6) is 5.75 Å². The van der Waals surface area contributed by atoms with Crippen LogP contribution in [0.25, 0.3) is 0 Å². The number of amides is 2. The molecule has 0 atom stereocenters. The number of alkyl halides is 3. The predicted molar refractivity (Wildman–Crippen MR) is 139 cm³/mol. The highest BCUT2D eigenvalue weighted by Crippen LogP contribution is 2.31. The number of nitrogens with one attached hydrogen (secondary N) is 3. The summed E-state index contributed by atoms with van der Waals surface area (Å²) in [6.45, 7) is 3.68. The number of hydrogen-bond donors (Lipinski definition) is 3. The third kappa shape index (κ3) is 7.53. The van der Waals surface area contributed by atoms with Gasteiger partial charge in [-0.3, -0.25) is 14.9 Å². The lowest BCUT2D eigenvalue weighted by Crippen LogP contribution is -2.34. The van der Waals surface area contributed by atoms with Crippen LogP contribution in [-0.2, 0) is 6.18 Å². The van der Waals surface area contributed by atoms with Gasteiger partial charge >= 0.3 is 6.18 Å². The number of ether oxygens (including phenoxy) is 1. The molecule has 3 aromatic rings. The van der Waals surface area contributed by atoms with Crippen molar-refractivity contribution in [2.45, 2.75) is 26.1 Å². The number of carbonyl (C=O) groups is 2. The second kappa shape index (κ2) is 11.5. The van der Waals surface area contributed by atoms with Gasteiger partial charge in [-0.1, -0.05) is 28.1 Å². The maximum absolute atomic E-state index is 12.9. The van der Waals surface area contributed by atoms with Crippen molar-refractivity contribution in [3.05, 3.63) is 87.9 Å². The van der Waals surface area contributed by atoms with Gasteiger partial charge in [0.1, 0.15) is 5.75 Å². The molecule has 3 N–H and O–H groups in total. The summed E-state index contributed by atoms with van der Waals surface area (Å²) < 4.78 is 45.1. The minimum absolute atomic E-state index is 0.00409. The van der Waals surface area contributed by atoms with Crippen molar-refractivity contribution in [1.82, 2.24) is 5.32 Å². The van der Waals surface area contributed by atoms with Crippen LogP contribution in [0.4, 0.5) is 24.5 Å². The van der Waals surface area contributed by atoms with Crippen LogP contribution >= 0.6 is 28.1 Å². The van der Waals surface area contributed by atoms with Crippen LogP contribution in [0.15, 0.2) is 71.2 Å². The highest BCUT2D eigenvalue weighted by Gasteiger charge is 2.30. The molecular formula is C25H21BrF3N3O3S. The van der Waals surface area contributed by atoms with E-state index in [1.165, 1.54) is 24.3 Å². The Bertz CT molecular complexity index is 1300. The van der Waals surface area contributed by atoms with E-state index in [9.17, 15) is 22.8 Å². The fourth-order valence-electron chi connectivity index (χ4n) is 3.08. The Balaban J connectivity index is 1.68. The molecule has 0 heterocycles. The van der Waals surface area contributed by atoms with Gasteiger partial charge in [0.2, 0.25) is 0 Å². The molecule has 0 aliphatic rings. The number of benzene rings is 3. The molecule has 36 heavy (non-hydrogen) atoms. The first kappa shape index (κ1) is 27.2. The first-order chi connectivity index (χ1) is 16.9. The highest BCUT2D eigenvalue weighted by molar-refractivity contribution is 9.10. The third-order valence-electron chi connectivity index (χ3n) is 4.61. The fourth-order valence-corrected chi connectivity index (χ4v) is 3.66. The first-order valence-electron chi connectivity index (χ1n) is 10.6. The molecule has 0 fully saturated rings. The van der Waals surface area contributed by atoms with E-state index < -0.39 is 23.6 Å². The number of anilines is 2. The van der Waals surface area contributed by atoms with Gasteiger partial charge in [-0.2, -0.15) is 13.2 Å². The Morgan fingerprint density at radius 2 is 1.58 bits per heavy atom. The van der Waals surface area contributed by atoms with Gasteiger partial charge in [0, 0.05) is 21.4 Å². The average Bonchev–Trinajstić information content (AvgIpc) is 2.79. The number of carbonyl (C=O) groups excluding carboxylic acids is 2. The van der Waals surface area contributed by atoms with Crippen molar-refractivity contribution in [1.29, 1.82) is 0 Å². The normalized spacial score (nSPS) is 11.1. The van der Waals surface area contributed by atoms with Crippen LogP contribution < -0.4 is 20.7 Å². The maximum Gasteiger partial charge on any atom is 0.416 e. The summed E-state index contributed by atoms with van der Waals surface area (Å²) in [6, 6.07) is 15.5. The van der Waals surface area contributed by atoms with Crippen LogP contribution in [0.1, 0.15) is 40.1 Å². The van der Waals surface area contributed by atoms with Gasteiger partial charge in [-0.15, -0.1) is 0 Å². The van der Waals surface area contributed by atoms with Gasteiger partial charge in [-0.05, 0) is 80.7 Å². The summed E-state index contributed by atoms with van der Waals surface area (Å²) in [5.41, 5.74) is -0.0268. The third-order valence-corrected chi connectivity index (χ3v) is 5.30. The molecule has 0 unspecified atom stereocenters. The monoisotopic (exact) mass is 579 g/mol. The maximum atomic E-state index is 12.9. The Hall–Kier alpha value is -3.44. The van der Waals surface area contributed by atoms with E-state index in [2.05, 4.69) is 31.9 Å². The molecule has 188 valence electrons. The quantitative estimate of drug-likeness (QED) is 0.285. The standard InChI is InChI=1S/C25H21BrF3N3O3S/c1-14(2)35-21-10-9-17(26)13-20(21)23(34)32-24(36)31-18-7-3-5-15(11-18)22(33)30-19-8-4-6-16(12-19)25(27,28)29/h3-14H,1-2H3,(H,30,33)(H2,31,32,34,36). The van der Waals surface area contributed by atoms with E-state index >= 15 is 0 Å². The van der Waals surface area contributed by atoms with Crippen molar-refractivity contribution < 1.29 is 27.5 Å². The van der Waals surface area contributed by atoms with Crippen LogP contribution in [0.2, 0.25) is 0 Å². The molecule has 0 saturated heterocycles. The molecule has 3 rings (SSSR count). The molecule has 6 nitrogen and oxygen atoms in total. The molecule has 0 aromatic heterocycles. The van der Waals surface area contributed by atoms with E-state index in [1.54, 1.807) is 30.3 Å². The Morgan fingerprint density at radius 1 is 0.917 bits per heavy atom. The molecule has 0 bridgehead atoms. The van der Waals surface area contributed by atoms with Crippen molar-refractivity contribution in [2.24, 2.45) is 0 Å². The Labute approximate surface area is 219 Å². The second-order valence-electron chi connectivity index (χ2n) is 7.83. The first-order valence-corrected chi connectivity index (χ1v) is 11.8. The predicted octanol–water partition coefficient (Wildman–Crippen LogP) is 6.63. The van der Waals surface area contributed by atoms with Crippen LogP contribution in [0.3, 0.4) is 0 Å². The van der Waals surface area contributed by atoms with E-state index in [1.807, 2.05) is 13.8 Å². The smallest absolute Gasteiger partial charge is 0.416 e. The zero-order valence-corrected chi connectivity index (χ0v) is 21.5. The lowest BCUT2D eigenvalue weighted by molar-refractivity contribution is -0.137. The molecule has 0 saturated carbocycles. The molecule has 0 spiro atoms. The van der Waals surface area contributed by atoms with Crippen molar-refractivity contribution in [3.63, 3.8) is 0 Å². The number of thiocarbonyl (C=S) groups is 1. The lowest BCUT2D eigenvalue weighted by atomic mass is 10.1. The van der Waals surface area contributed by atoms with E-state index in [0.717, 1.165) is 12.1 Å². The van der Waals surface area contributed by atoms with Crippen molar-refractivity contribution in [3.8, 4) is 5.75 Å². The van der Waals surface area contributed by atoms with E-state index in [0.29, 0.717) is 15.9 Å². The fraction of sp³-hybridized carbons (Fsp3) is 0.160. The molecule has 0 aliphatic carbocycles. The topological polar surface area (TPSA) is 79.5 Å². The molecule has 11 heteroatoms. The molecule has 3 aromatic carbocycles. The Kier molecular flexibility index (Phi) is 8.70. The minimum Gasteiger partial charge on any atom is -0.490 e. The summed E-state index contributed by atoms with van der Waals surface area (Å²) in [5.74, 6) is -0.720.